The molecule has 1 atom stereocenters. The van der Waals surface area contributed by atoms with Gasteiger partial charge in [-0.2, -0.15) is 20.6 Å². The van der Waals surface area contributed by atoms with Crippen LogP contribution in [-0.2, 0) is 16.4 Å². The number of halogens is 2. The molecule has 0 radical (unpaired) electrons. The van der Waals surface area contributed by atoms with E-state index in [1.807, 2.05) is 16.8 Å². The highest BCUT2D eigenvalue weighted by Gasteiger charge is 2.31. The molecular weight excluding hydrogens is 408 g/mol. The lowest BCUT2D eigenvalue weighted by molar-refractivity contribution is 0.247. The van der Waals surface area contributed by atoms with Gasteiger partial charge in [0.2, 0.25) is 21.7 Å². The molecule has 3 aromatic rings. The topological polar surface area (TPSA) is 76.3 Å². The third-order valence-corrected chi connectivity index (χ3v) is 7.27. The molecule has 2 aromatic heterocycles. The number of piperidine rings is 1. The highest BCUT2D eigenvalue weighted by atomic mass is 32.2. The first-order valence-corrected chi connectivity index (χ1v) is 11.1. The summed E-state index contributed by atoms with van der Waals surface area (Å²) in [7, 11) is -3.90. The Morgan fingerprint density at radius 1 is 1.25 bits per heavy atom. The highest BCUT2D eigenvalue weighted by Crippen LogP contribution is 2.27. The first kappa shape index (κ1) is 19.2. The molecule has 1 aromatic carbocycles. The summed E-state index contributed by atoms with van der Waals surface area (Å²) in [6.45, 7) is 0.597. The van der Waals surface area contributed by atoms with Crippen molar-refractivity contribution >= 4 is 21.4 Å². The van der Waals surface area contributed by atoms with Gasteiger partial charge in [0.05, 0.1) is 4.90 Å². The van der Waals surface area contributed by atoms with Gasteiger partial charge in [0.25, 0.3) is 0 Å². The zero-order chi connectivity index (χ0) is 19.7. The van der Waals surface area contributed by atoms with E-state index in [4.69, 9.17) is 4.52 Å². The molecule has 10 heteroatoms. The molecule has 1 aliphatic heterocycles. The lowest BCUT2D eigenvalue weighted by Crippen LogP contribution is -2.40. The maximum absolute atomic E-state index is 13.5. The molecule has 1 aliphatic rings. The molecule has 3 heterocycles. The summed E-state index contributed by atoms with van der Waals surface area (Å²) >= 11 is 1.54. The van der Waals surface area contributed by atoms with Crippen molar-refractivity contribution < 1.29 is 21.7 Å². The van der Waals surface area contributed by atoms with Crippen LogP contribution in [0.3, 0.4) is 0 Å². The van der Waals surface area contributed by atoms with Crippen molar-refractivity contribution in [2.75, 3.05) is 13.1 Å². The molecule has 0 aliphatic carbocycles. The summed E-state index contributed by atoms with van der Waals surface area (Å²) < 4.78 is 58.8. The standard InChI is InChI=1S/C18H17F2N3O3S2/c19-15-4-3-14(9-16(15)20)28(24,25)23-6-1-2-12(10-23)8-17-21-18(22-26-17)13-5-7-27-11-13/h3-5,7,9,11-12H,1-2,6,8,10H2. The molecular formula is C18H17F2N3O3S2. The second-order valence-corrected chi connectivity index (χ2v) is 9.39. The molecule has 0 N–H and O–H groups in total. The minimum Gasteiger partial charge on any atom is -0.339 e. The van der Waals surface area contributed by atoms with E-state index in [0.29, 0.717) is 31.1 Å². The van der Waals surface area contributed by atoms with Crippen LogP contribution in [0, 0.1) is 17.6 Å². The van der Waals surface area contributed by atoms with Crippen molar-refractivity contribution in [1.29, 1.82) is 0 Å². The maximum atomic E-state index is 13.5. The minimum absolute atomic E-state index is 0.00425. The van der Waals surface area contributed by atoms with Gasteiger partial charge in [-0.05, 0) is 48.4 Å². The summed E-state index contributed by atoms with van der Waals surface area (Å²) in [4.78, 5) is 4.14. The monoisotopic (exact) mass is 425 g/mol. The third-order valence-electron chi connectivity index (χ3n) is 4.72. The van der Waals surface area contributed by atoms with Crippen molar-refractivity contribution in [1.82, 2.24) is 14.4 Å². The molecule has 148 valence electrons. The van der Waals surface area contributed by atoms with Crippen LogP contribution >= 0.6 is 11.3 Å². The number of aromatic nitrogens is 2. The first-order valence-electron chi connectivity index (χ1n) is 8.74. The predicted molar refractivity (Wildman–Crippen MR) is 99.2 cm³/mol. The fraction of sp³-hybridized carbons (Fsp3) is 0.333. The quantitative estimate of drug-likeness (QED) is 0.623. The van der Waals surface area contributed by atoms with E-state index in [9.17, 15) is 17.2 Å². The molecule has 0 bridgehead atoms. The van der Waals surface area contributed by atoms with Gasteiger partial charge in [-0.15, -0.1) is 0 Å². The van der Waals surface area contributed by atoms with Crippen molar-refractivity contribution in [2.24, 2.45) is 5.92 Å². The van der Waals surface area contributed by atoms with Crippen molar-refractivity contribution in [3.05, 3.63) is 52.6 Å². The van der Waals surface area contributed by atoms with E-state index in [2.05, 4.69) is 10.1 Å². The van der Waals surface area contributed by atoms with Gasteiger partial charge in [-0.1, -0.05) is 5.16 Å². The Labute approximate surface area is 164 Å². The van der Waals surface area contributed by atoms with Crippen molar-refractivity contribution in [2.45, 2.75) is 24.2 Å². The normalized spacial score (nSPS) is 18.4. The van der Waals surface area contributed by atoms with Crippen LogP contribution in [-0.4, -0.2) is 36.0 Å². The van der Waals surface area contributed by atoms with Gasteiger partial charge >= 0.3 is 0 Å². The smallest absolute Gasteiger partial charge is 0.243 e. The minimum atomic E-state index is -3.90. The fourth-order valence-corrected chi connectivity index (χ4v) is 5.49. The fourth-order valence-electron chi connectivity index (χ4n) is 3.29. The molecule has 28 heavy (non-hydrogen) atoms. The Hall–Kier alpha value is -2.17. The van der Waals surface area contributed by atoms with Crippen LogP contribution in [0.1, 0.15) is 18.7 Å². The number of nitrogens with zero attached hydrogens (tertiary/aromatic N) is 3. The summed E-state index contributed by atoms with van der Waals surface area (Å²) in [6.07, 6.45) is 1.94. The molecule has 0 spiro atoms. The molecule has 1 fully saturated rings. The van der Waals surface area contributed by atoms with E-state index in [1.54, 1.807) is 0 Å². The molecule has 1 unspecified atom stereocenters. The number of sulfonamides is 1. The lowest BCUT2D eigenvalue weighted by Gasteiger charge is -2.31. The van der Waals surface area contributed by atoms with Gasteiger partial charge in [0.15, 0.2) is 11.6 Å². The van der Waals surface area contributed by atoms with Crippen LogP contribution in [0.4, 0.5) is 8.78 Å². The molecule has 4 rings (SSSR count). The SMILES string of the molecule is O=S(=O)(c1ccc(F)c(F)c1)N1CCCC(Cc2nc(-c3ccsc3)no2)C1. The van der Waals surface area contributed by atoms with Gasteiger partial charge < -0.3 is 4.52 Å². The number of benzene rings is 1. The Bertz CT molecular complexity index is 1070. The van der Waals surface area contributed by atoms with E-state index >= 15 is 0 Å². The van der Waals surface area contributed by atoms with E-state index < -0.39 is 21.7 Å². The van der Waals surface area contributed by atoms with Crippen LogP contribution in [0.2, 0.25) is 0 Å². The summed E-state index contributed by atoms with van der Waals surface area (Å²) in [5, 5.41) is 7.82. The van der Waals surface area contributed by atoms with E-state index in [0.717, 1.165) is 30.2 Å². The summed E-state index contributed by atoms with van der Waals surface area (Å²) in [5.41, 5.74) is 0.881. The van der Waals surface area contributed by atoms with Crippen LogP contribution in [0.5, 0.6) is 0 Å². The predicted octanol–water partition coefficient (Wildman–Crippen LogP) is 3.72. The zero-order valence-corrected chi connectivity index (χ0v) is 16.3. The van der Waals surface area contributed by atoms with E-state index in [-0.39, 0.29) is 17.4 Å². The summed E-state index contributed by atoms with van der Waals surface area (Å²) in [6, 6.07) is 4.53. The average Bonchev–Trinajstić information content (AvgIpc) is 3.36. The highest BCUT2D eigenvalue weighted by molar-refractivity contribution is 7.89. The second kappa shape index (κ2) is 7.69. The van der Waals surface area contributed by atoms with Gasteiger partial charge in [0, 0.05) is 30.5 Å². The van der Waals surface area contributed by atoms with Gasteiger partial charge in [0.1, 0.15) is 0 Å². The number of thiophene rings is 1. The molecule has 1 saturated heterocycles. The molecule has 6 nitrogen and oxygen atoms in total. The zero-order valence-electron chi connectivity index (χ0n) is 14.7. The summed E-state index contributed by atoms with van der Waals surface area (Å²) in [5.74, 6) is -1.28. The van der Waals surface area contributed by atoms with Crippen LogP contribution < -0.4 is 0 Å². The lowest BCUT2D eigenvalue weighted by atomic mass is 9.96. The molecule has 0 amide bonds. The second-order valence-electron chi connectivity index (χ2n) is 6.68. The van der Waals surface area contributed by atoms with E-state index in [1.165, 1.54) is 15.6 Å². The van der Waals surface area contributed by atoms with Crippen LogP contribution in [0.25, 0.3) is 11.4 Å². The van der Waals surface area contributed by atoms with Crippen LogP contribution in [0.15, 0.2) is 44.4 Å². The Balaban J connectivity index is 1.47. The number of hydrogen-bond acceptors (Lipinski definition) is 6. The largest absolute Gasteiger partial charge is 0.339 e. The maximum Gasteiger partial charge on any atom is 0.243 e. The van der Waals surface area contributed by atoms with Gasteiger partial charge in [-0.25, -0.2) is 17.2 Å². The third kappa shape index (κ3) is 3.85. The number of hydrogen-bond donors (Lipinski definition) is 0. The van der Waals surface area contributed by atoms with Crippen molar-refractivity contribution in [3.63, 3.8) is 0 Å². The van der Waals surface area contributed by atoms with Gasteiger partial charge in [-0.3, -0.25) is 0 Å². The Morgan fingerprint density at radius 2 is 2.11 bits per heavy atom. The number of rotatable bonds is 5. The molecule has 0 saturated carbocycles. The Morgan fingerprint density at radius 3 is 2.86 bits per heavy atom. The first-order chi connectivity index (χ1) is 13.4. The average molecular weight is 425 g/mol. The Kier molecular flexibility index (Phi) is 5.26. The van der Waals surface area contributed by atoms with Crippen molar-refractivity contribution in [3.8, 4) is 11.4 Å².